The van der Waals surface area contributed by atoms with Crippen LogP contribution >= 0.6 is 0 Å². The quantitative estimate of drug-likeness (QED) is 0.706. The van der Waals surface area contributed by atoms with E-state index in [9.17, 15) is 4.79 Å². The first-order chi connectivity index (χ1) is 7.24. The van der Waals surface area contributed by atoms with Crippen LogP contribution in [0.25, 0.3) is 10.9 Å². The van der Waals surface area contributed by atoms with Gasteiger partial charge in [0.2, 0.25) is 5.91 Å². The van der Waals surface area contributed by atoms with Gasteiger partial charge in [0.25, 0.3) is 0 Å². The molecule has 2 rings (SSSR count). The van der Waals surface area contributed by atoms with E-state index in [2.05, 4.69) is 6.07 Å². The van der Waals surface area contributed by atoms with Crippen molar-refractivity contribution in [3.63, 3.8) is 0 Å². The molecule has 0 atom stereocenters. The van der Waals surface area contributed by atoms with E-state index in [1.54, 1.807) is 10.8 Å². The van der Waals surface area contributed by atoms with Crippen molar-refractivity contribution in [1.82, 2.24) is 4.57 Å². The lowest BCUT2D eigenvalue weighted by Crippen LogP contribution is -2.02. The summed E-state index contributed by atoms with van der Waals surface area (Å²) in [7, 11) is 0. The van der Waals surface area contributed by atoms with E-state index >= 15 is 0 Å². The normalized spacial score (nSPS) is 10.1. The highest BCUT2D eigenvalue weighted by Crippen LogP contribution is 2.21. The minimum absolute atomic E-state index is 0.0320. The first-order valence-electron chi connectivity index (χ1n) is 4.71. The summed E-state index contributed by atoms with van der Waals surface area (Å²) in [4.78, 5) is 11.4. The van der Waals surface area contributed by atoms with Crippen LogP contribution in [0.15, 0.2) is 30.5 Å². The van der Waals surface area contributed by atoms with Crippen LogP contribution in [0.5, 0.6) is 0 Å². The maximum atomic E-state index is 11.4. The second kappa shape index (κ2) is 3.58. The SMILES string of the molecule is CC(=O)n1cc(CC#N)c2ccccc21. The van der Waals surface area contributed by atoms with E-state index in [1.807, 2.05) is 24.3 Å². The van der Waals surface area contributed by atoms with Crippen LogP contribution in [0, 0.1) is 11.3 Å². The van der Waals surface area contributed by atoms with Crippen LogP contribution in [0.1, 0.15) is 17.3 Å². The maximum Gasteiger partial charge on any atom is 0.227 e. The third-order valence-corrected chi connectivity index (χ3v) is 2.40. The highest BCUT2D eigenvalue weighted by molar-refractivity contribution is 5.93. The van der Waals surface area contributed by atoms with Crippen molar-refractivity contribution in [2.24, 2.45) is 0 Å². The Morgan fingerprint density at radius 2 is 2.20 bits per heavy atom. The smallest absolute Gasteiger partial charge is 0.227 e. The Morgan fingerprint density at radius 3 is 2.87 bits per heavy atom. The van der Waals surface area contributed by atoms with Crippen molar-refractivity contribution in [2.45, 2.75) is 13.3 Å². The summed E-state index contributed by atoms with van der Waals surface area (Å²) in [6, 6.07) is 9.72. The lowest BCUT2D eigenvalue weighted by Gasteiger charge is -1.97. The number of nitriles is 1. The number of hydrogen-bond donors (Lipinski definition) is 0. The van der Waals surface area contributed by atoms with E-state index < -0.39 is 0 Å². The summed E-state index contributed by atoms with van der Waals surface area (Å²) in [6.07, 6.45) is 2.08. The molecule has 0 aliphatic heterocycles. The van der Waals surface area contributed by atoms with Gasteiger partial charge in [-0.1, -0.05) is 18.2 Å². The monoisotopic (exact) mass is 198 g/mol. The van der Waals surface area contributed by atoms with Crippen LogP contribution in [0.3, 0.4) is 0 Å². The molecule has 0 unspecified atom stereocenters. The van der Waals surface area contributed by atoms with Gasteiger partial charge < -0.3 is 0 Å². The number of fused-ring (bicyclic) bond motifs is 1. The van der Waals surface area contributed by atoms with Crippen molar-refractivity contribution < 1.29 is 4.79 Å². The Morgan fingerprint density at radius 1 is 1.47 bits per heavy atom. The molecule has 0 aliphatic carbocycles. The molecule has 1 aromatic carbocycles. The van der Waals surface area contributed by atoms with Gasteiger partial charge in [-0.15, -0.1) is 0 Å². The average Bonchev–Trinajstić information content (AvgIpc) is 2.59. The Labute approximate surface area is 87.5 Å². The Hall–Kier alpha value is -2.08. The number of para-hydroxylation sites is 1. The van der Waals surface area contributed by atoms with Crippen LogP contribution in [-0.4, -0.2) is 10.5 Å². The van der Waals surface area contributed by atoms with Gasteiger partial charge in [-0.25, -0.2) is 0 Å². The Balaban J connectivity index is 2.74. The molecule has 1 aromatic heterocycles. The molecule has 0 saturated heterocycles. The number of rotatable bonds is 1. The molecule has 0 bridgehead atoms. The predicted octanol–water partition coefficient (Wildman–Crippen LogP) is 2.37. The molecule has 3 nitrogen and oxygen atoms in total. The molecule has 0 radical (unpaired) electrons. The molecule has 0 saturated carbocycles. The van der Waals surface area contributed by atoms with Gasteiger partial charge in [-0.3, -0.25) is 9.36 Å². The van der Waals surface area contributed by atoms with Gasteiger partial charge in [0.1, 0.15) is 0 Å². The van der Waals surface area contributed by atoms with Gasteiger partial charge in [0.15, 0.2) is 0 Å². The zero-order chi connectivity index (χ0) is 10.8. The standard InChI is InChI=1S/C12H10N2O/c1-9(15)14-8-10(6-7-13)11-4-2-3-5-12(11)14/h2-5,8H,6H2,1H3. The molecule has 0 fully saturated rings. The summed E-state index contributed by atoms with van der Waals surface area (Å²) in [5, 5.41) is 9.66. The number of nitrogens with zero attached hydrogens (tertiary/aromatic N) is 2. The van der Waals surface area contributed by atoms with E-state index in [-0.39, 0.29) is 5.91 Å². The molecule has 3 heteroatoms. The first kappa shape index (κ1) is 9.47. The van der Waals surface area contributed by atoms with Crippen LogP contribution < -0.4 is 0 Å². The number of hydrogen-bond acceptors (Lipinski definition) is 2. The fourth-order valence-electron chi connectivity index (χ4n) is 1.74. The second-order valence-corrected chi connectivity index (χ2v) is 3.40. The highest BCUT2D eigenvalue weighted by atomic mass is 16.1. The summed E-state index contributed by atoms with van der Waals surface area (Å²) < 4.78 is 1.59. The van der Waals surface area contributed by atoms with Gasteiger partial charge in [-0.05, 0) is 11.6 Å². The molecule has 0 N–H and O–H groups in total. The molecule has 15 heavy (non-hydrogen) atoms. The highest BCUT2D eigenvalue weighted by Gasteiger charge is 2.09. The van der Waals surface area contributed by atoms with E-state index in [0.717, 1.165) is 16.5 Å². The number of aromatic nitrogens is 1. The van der Waals surface area contributed by atoms with E-state index in [4.69, 9.17) is 5.26 Å². The predicted molar refractivity (Wildman–Crippen MR) is 57.6 cm³/mol. The Bertz CT molecular complexity index is 560. The molecule has 0 spiro atoms. The van der Waals surface area contributed by atoms with Crippen molar-refractivity contribution >= 4 is 16.8 Å². The van der Waals surface area contributed by atoms with Crippen LogP contribution in [0.2, 0.25) is 0 Å². The number of carbonyl (C=O) groups excluding carboxylic acids is 1. The van der Waals surface area contributed by atoms with Gasteiger partial charge in [0.05, 0.1) is 18.0 Å². The van der Waals surface area contributed by atoms with Crippen molar-refractivity contribution in [1.29, 1.82) is 5.26 Å². The van der Waals surface area contributed by atoms with E-state index in [1.165, 1.54) is 6.92 Å². The summed E-state index contributed by atoms with van der Waals surface area (Å²) in [5.74, 6) is -0.0320. The lowest BCUT2D eigenvalue weighted by atomic mass is 10.1. The topological polar surface area (TPSA) is 45.8 Å². The maximum absolute atomic E-state index is 11.4. The lowest BCUT2D eigenvalue weighted by molar-refractivity contribution is 0.0941. The molecule has 2 aromatic rings. The number of carbonyl (C=O) groups is 1. The van der Waals surface area contributed by atoms with E-state index in [0.29, 0.717) is 6.42 Å². The summed E-state index contributed by atoms with van der Waals surface area (Å²) in [6.45, 7) is 1.52. The van der Waals surface area contributed by atoms with Gasteiger partial charge in [0, 0.05) is 18.5 Å². The Kier molecular flexibility index (Phi) is 2.26. The van der Waals surface area contributed by atoms with Gasteiger partial charge >= 0.3 is 0 Å². The molecule has 0 aliphatic rings. The molecule has 74 valence electrons. The fourth-order valence-corrected chi connectivity index (χ4v) is 1.74. The molecule has 1 heterocycles. The molecular formula is C12H10N2O. The third-order valence-electron chi connectivity index (χ3n) is 2.40. The third kappa shape index (κ3) is 1.50. The zero-order valence-electron chi connectivity index (χ0n) is 8.40. The van der Waals surface area contributed by atoms with Crippen molar-refractivity contribution in [3.05, 3.63) is 36.0 Å². The zero-order valence-corrected chi connectivity index (χ0v) is 8.40. The minimum Gasteiger partial charge on any atom is -0.287 e. The summed E-state index contributed by atoms with van der Waals surface area (Å²) in [5.41, 5.74) is 1.78. The molecule has 0 amide bonds. The van der Waals surface area contributed by atoms with Crippen LogP contribution in [-0.2, 0) is 6.42 Å². The minimum atomic E-state index is -0.0320. The van der Waals surface area contributed by atoms with Crippen molar-refractivity contribution in [2.75, 3.05) is 0 Å². The largest absolute Gasteiger partial charge is 0.287 e. The summed E-state index contributed by atoms with van der Waals surface area (Å²) >= 11 is 0. The average molecular weight is 198 g/mol. The molecular weight excluding hydrogens is 188 g/mol. The van der Waals surface area contributed by atoms with Crippen LogP contribution in [0.4, 0.5) is 0 Å². The van der Waals surface area contributed by atoms with Crippen molar-refractivity contribution in [3.8, 4) is 6.07 Å². The first-order valence-corrected chi connectivity index (χ1v) is 4.71. The van der Waals surface area contributed by atoms with Gasteiger partial charge in [-0.2, -0.15) is 5.26 Å². The second-order valence-electron chi connectivity index (χ2n) is 3.40. The fraction of sp³-hybridized carbons (Fsp3) is 0.167. The number of benzene rings is 1.